The zero-order valence-corrected chi connectivity index (χ0v) is 12.9. The fraction of sp³-hybridized carbons (Fsp3) is 0.533. The Balaban J connectivity index is 2.10. The van der Waals surface area contributed by atoms with Crippen LogP contribution in [0.5, 0.6) is 0 Å². The van der Waals surface area contributed by atoms with Crippen molar-refractivity contribution in [1.29, 1.82) is 0 Å². The van der Waals surface area contributed by atoms with E-state index in [2.05, 4.69) is 18.8 Å². The standard InChI is InChI=1S/C15H22N2O2S/c1-3-5-6-11(4-2)10-20(18)15-17-13-8-7-12(16)9-14(13)19-15/h7-9,11H,3-6,10,16H2,1-2H3. The second-order valence-electron chi connectivity index (χ2n) is 5.14. The van der Waals surface area contributed by atoms with Gasteiger partial charge in [0.25, 0.3) is 5.22 Å². The van der Waals surface area contributed by atoms with Crippen molar-refractivity contribution in [3.05, 3.63) is 18.2 Å². The van der Waals surface area contributed by atoms with Gasteiger partial charge in [0.05, 0.1) is 0 Å². The molecule has 0 spiro atoms. The number of benzene rings is 1. The van der Waals surface area contributed by atoms with Crippen molar-refractivity contribution < 1.29 is 8.63 Å². The Hall–Kier alpha value is -1.36. The monoisotopic (exact) mass is 294 g/mol. The van der Waals surface area contributed by atoms with Gasteiger partial charge in [-0.25, -0.2) is 9.19 Å². The van der Waals surface area contributed by atoms with Crippen LogP contribution in [0.3, 0.4) is 0 Å². The normalized spacial score (nSPS) is 14.5. The second kappa shape index (κ2) is 6.88. The van der Waals surface area contributed by atoms with Crippen molar-refractivity contribution >= 4 is 27.6 Å². The summed E-state index contributed by atoms with van der Waals surface area (Å²) in [6.45, 7) is 4.32. The Bertz CT molecular complexity index is 595. The van der Waals surface area contributed by atoms with E-state index in [1.54, 1.807) is 18.2 Å². The van der Waals surface area contributed by atoms with Gasteiger partial charge in [-0.2, -0.15) is 0 Å². The van der Waals surface area contributed by atoms with Gasteiger partial charge in [-0.15, -0.1) is 0 Å². The lowest BCUT2D eigenvalue weighted by atomic mass is 10.0. The third-order valence-corrected chi connectivity index (χ3v) is 4.86. The molecule has 0 aliphatic carbocycles. The number of hydrogen-bond acceptors (Lipinski definition) is 4. The first-order valence-electron chi connectivity index (χ1n) is 7.18. The number of oxazole rings is 1. The van der Waals surface area contributed by atoms with Crippen LogP contribution in [0.25, 0.3) is 11.1 Å². The largest absolute Gasteiger partial charge is 0.430 e. The van der Waals surface area contributed by atoms with E-state index in [0.717, 1.165) is 12.8 Å². The highest BCUT2D eigenvalue weighted by Crippen LogP contribution is 2.22. The Morgan fingerprint density at radius 1 is 1.40 bits per heavy atom. The molecule has 0 amide bonds. The lowest BCUT2D eigenvalue weighted by Crippen LogP contribution is -2.11. The van der Waals surface area contributed by atoms with Crippen molar-refractivity contribution in [1.82, 2.24) is 4.98 Å². The zero-order valence-electron chi connectivity index (χ0n) is 12.1. The van der Waals surface area contributed by atoms with Gasteiger partial charge in [0, 0.05) is 17.5 Å². The predicted molar refractivity (Wildman–Crippen MR) is 83.0 cm³/mol. The summed E-state index contributed by atoms with van der Waals surface area (Å²) >= 11 is 0. The van der Waals surface area contributed by atoms with Crippen molar-refractivity contribution in [2.24, 2.45) is 5.92 Å². The molecule has 2 rings (SSSR count). The molecule has 0 radical (unpaired) electrons. The van der Waals surface area contributed by atoms with Crippen LogP contribution in [0.4, 0.5) is 5.69 Å². The highest BCUT2D eigenvalue weighted by atomic mass is 32.2. The Labute approximate surface area is 122 Å². The van der Waals surface area contributed by atoms with Gasteiger partial charge in [-0.05, 0) is 24.5 Å². The minimum absolute atomic E-state index is 0.320. The Kier molecular flexibility index (Phi) is 5.17. The number of hydrogen-bond donors (Lipinski definition) is 1. The minimum atomic E-state index is -1.17. The van der Waals surface area contributed by atoms with Crippen LogP contribution in [-0.2, 0) is 10.8 Å². The smallest absolute Gasteiger partial charge is 0.287 e. The van der Waals surface area contributed by atoms with Crippen LogP contribution in [0.2, 0.25) is 0 Å². The summed E-state index contributed by atoms with van der Waals surface area (Å²) in [6, 6.07) is 5.29. The zero-order chi connectivity index (χ0) is 14.5. The quantitative estimate of drug-likeness (QED) is 0.790. The first kappa shape index (κ1) is 15.0. The predicted octanol–water partition coefficient (Wildman–Crippen LogP) is 3.73. The molecule has 0 aliphatic heterocycles. The average molecular weight is 294 g/mol. The van der Waals surface area contributed by atoms with Gasteiger partial charge in [-0.1, -0.05) is 33.1 Å². The molecule has 5 heteroatoms. The summed E-state index contributed by atoms with van der Waals surface area (Å²) in [6.07, 6.45) is 4.51. The van der Waals surface area contributed by atoms with Crippen LogP contribution in [0.1, 0.15) is 39.5 Å². The van der Waals surface area contributed by atoms with Gasteiger partial charge < -0.3 is 10.2 Å². The number of fused-ring (bicyclic) bond motifs is 1. The lowest BCUT2D eigenvalue weighted by molar-refractivity contribution is 0.463. The fourth-order valence-electron chi connectivity index (χ4n) is 2.20. The first-order valence-corrected chi connectivity index (χ1v) is 8.50. The van der Waals surface area contributed by atoms with E-state index < -0.39 is 10.8 Å². The van der Waals surface area contributed by atoms with Crippen molar-refractivity contribution in [2.45, 2.75) is 44.8 Å². The molecule has 0 aliphatic rings. The molecular weight excluding hydrogens is 272 g/mol. The molecule has 0 fully saturated rings. The van der Waals surface area contributed by atoms with Crippen LogP contribution in [0.15, 0.2) is 27.8 Å². The van der Waals surface area contributed by atoms with Gasteiger partial charge in [-0.3, -0.25) is 0 Å². The molecule has 0 saturated carbocycles. The van der Waals surface area contributed by atoms with E-state index in [1.807, 2.05) is 0 Å². The molecule has 1 heterocycles. The molecule has 110 valence electrons. The maximum atomic E-state index is 12.4. The highest BCUT2D eigenvalue weighted by molar-refractivity contribution is 7.84. The maximum Gasteiger partial charge on any atom is 0.287 e. The summed E-state index contributed by atoms with van der Waals surface area (Å²) in [4.78, 5) is 4.30. The number of nitrogens with zero attached hydrogens (tertiary/aromatic N) is 1. The topological polar surface area (TPSA) is 69.1 Å². The molecular formula is C15H22N2O2S. The Morgan fingerprint density at radius 2 is 2.20 bits per heavy atom. The van der Waals surface area contributed by atoms with Crippen molar-refractivity contribution in [3.8, 4) is 0 Å². The van der Waals surface area contributed by atoms with E-state index in [0.29, 0.717) is 33.7 Å². The lowest BCUT2D eigenvalue weighted by Gasteiger charge is -2.12. The van der Waals surface area contributed by atoms with E-state index in [9.17, 15) is 4.21 Å². The number of unbranched alkanes of at least 4 members (excludes halogenated alkanes) is 1. The van der Waals surface area contributed by atoms with Gasteiger partial charge in [0.2, 0.25) is 0 Å². The van der Waals surface area contributed by atoms with Gasteiger partial charge in [0.15, 0.2) is 5.58 Å². The third-order valence-electron chi connectivity index (χ3n) is 3.52. The average Bonchev–Trinajstić information content (AvgIpc) is 2.86. The van der Waals surface area contributed by atoms with E-state index in [1.165, 1.54) is 12.8 Å². The van der Waals surface area contributed by atoms with Crippen LogP contribution >= 0.6 is 0 Å². The third kappa shape index (κ3) is 3.60. The van der Waals surface area contributed by atoms with E-state index in [-0.39, 0.29) is 0 Å². The van der Waals surface area contributed by atoms with Crippen LogP contribution < -0.4 is 5.73 Å². The minimum Gasteiger partial charge on any atom is -0.430 e. The van der Waals surface area contributed by atoms with Crippen LogP contribution in [-0.4, -0.2) is 14.9 Å². The summed E-state index contributed by atoms with van der Waals surface area (Å²) in [7, 11) is -1.17. The fourth-order valence-corrected chi connectivity index (χ4v) is 3.56. The van der Waals surface area contributed by atoms with Crippen molar-refractivity contribution in [2.75, 3.05) is 11.5 Å². The molecule has 0 bridgehead atoms. The molecule has 2 unspecified atom stereocenters. The number of nitrogen functional groups attached to an aromatic ring is 1. The number of rotatable bonds is 7. The van der Waals surface area contributed by atoms with E-state index >= 15 is 0 Å². The van der Waals surface area contributed by atoms with Gasteiger partial charge >= 0.3 is 0 Å². The van der Waals surface area contributed by atoms with Crippen LogP contribution in [0, 0.1) is 5.92 Å². The molecule has 1 aromatic carbocycles. The molecule has 0 saturated heterocycles. The summed E-state index contributed by atoms with van der Waals surface area (Å²) < 4.78 is 17.9. The molecule has 2 N–H and O–H groups in total. The molecule has 2 aromatic rings. The number of aromatic nitrogens is 1. The van der Waals surface area contributed by atoms with E-state index in [4.69, 9.17) is 10.2 Å². The van der Waals surface area contributed by atoms with Gasteiger partial charge in [0.1, 0.15) is 16.3 Å². The first-order chi connectivity index (χ1) is 9.63. The number of anilines is 1. The molecule has 4 nitrogen and oxygen atoms in total. The number of nitrogens with two attached hydrogens (primary N) is 1. The SMILES string of the molecule is CCCCC(CC)CS(=O)c1nc2ccc(N)cc2o1. The summed E-state index contributed by atoms with van der Waals surface area (Å²) in [5.41, 5.74) is 7.65. The molecule has 2 atom stereocenters. The summed E-state index contributed by atoms with van der Waals surface area (Å²) in [5, 5.41) is 0.320. The molecule has 20 heavy (non-hydrogen) atoms. The highest BCUT2D eigenvalue weighted by Gasteiger charge is 2.17. The second-order valence-corrected chi connectivity index (χ2v) is 6.51. The van der Waals surface area contributed by atoms with Crippen molar-refractivity contribution in [3.63, 3.8) is 0 Å². The maximum absolute atomic E-state index is 12.4. The Morgan fingerprint density at radius 3 is 2.90 bits per heavy atom. The summed E-state index contributed by atoms with van der Waals surface area (Å²) in [5.74, 6) is 1.09. The molecule has 1 aromatic heterocycles.